The molecule has 0 aliphatic heterocycles. The molecule has 3 rings (SSSR count). The van der Waals surface area contributed by atoms with Gasteiger partial charge in [0.1, 0.15) is 5.75 Å². The normalized spacial score (nSPS) is 10.9. The first kappa shape index (κ1) is 19.8. The van der Waals surface area contributed by atoms with Gasteiger partial charge >= 0.3 is 5.69 Å². The number of carbonyl (C=O) groups excluding carboxylic acids is 1. The van der Waals surface area contributed by atoms with E-state index < -0.39 is 4.92 Å². The fourth-order valence-corrected chi connectivity index (χ4v) is 3.05. The van der Waals surface area contributed by atoms with Gasteiger partial charge in [-0.3, -0.25) is 14.9 Å². The lowest BCUT2D eigenvalue weighted by molar-refractivity contribution is -0.385. The second-order valence-corrected chi connectivity index (χ2v) is 6.20. The molecule has 148 valence electrons. The second-order valence-electron chi connectivity index (χ2n) is 6.20. The summed E-state index contributed by atoms with van der Waals surface area (Å²) in [6, 6.07) is 14.1. The van der Waals surface area contributed by atoms with Crippen LogP contribution in [0.4, 0.5) is 5.69 Å². The Hall–Kier alpha value is -3.94. The van der Waals surface area contributed by atoms with Gasteiger partial charge in [-0.15, -0.1) is 0 Å². The highest BCUT2D eigenvalue weighted by Gasteiger charge is 2.19. The van der Waals surface area contributed by atoms with Crippen molar-refractivity contribution in [3.05, 3.63) is 75.3 Å². The highest BCUT2D eigenvalue weighted by Crippen LogP contribution is 2.33. The quantitative estimate of drug-likeness (QED) is 0.389. The molecule has 3 aromatic carbocycles. The molecule has 3 aromatic rings. The van der Waals surface area contributed by atoms with E-state index in [9.17, 15) is 14.9 Å². The molecule has 29 heavy (non-hydrogen) atoms. The van der Waals surface area contributed by atoms with Crippen molar-refractivity contribution in [3.63, 3.8) is 0 Å². The van der Waals surface area contributed by atoms with E-state index in [0.717, 1.165) is 16.3 Å². The lowest BCUT2D eigenvalue weighted by Gasteiger charge is -2.09. The number of ether oxygens (including phenoxy) is 2. The molecule has 0 saturated heterocycles. The summed E-state index contributed by atoms with van der Waals surface area (Å²) < 4.78 is 10.3. The van der Waals surface area contributed by atoms with E-state index in [1.165, 1.54) is 32.6 Å². The molecule has 0 unspecified atom stereocenters. The Kier molecular flexibility index (Phi) is 5.73. The Labute approximate surface area is 166 Å². The van der Waals surface area contributed by atoms with E-state index in [1.54, 1.807) is 0 Å². The van der Waals surface area contributed by atoms with Gasteiger partial charge in [-0.25, -0.2) is 5.43 Å². The molecule has 0 saturated carbocycles. The fraction of sp³-hybridized carbons (Fsp3) is 0.143. The van der Waals surface area contributed by atoms with E-state index in [2.05, 4.69) is 10.5 Å². The van der Waals surface area contributed by atoms with Gasteiger partial charge in [0.25, 0.3) is 5.91 Å². The molecule has 0 heterocycles. The number of nitrogens with one attached hydrogen (secondary N) is 1. The predicted octanol–water partition coefficient (Wildman–Crippen LogP) is 3.84. The van der Waals surface area contributed by atoms with Gasteiger partial charge in [0.2, 0.25) is 5.75 Å². The van der Waals surface area contributed by atoms with Crippen molar-refractivity contribution in [2.75, 3.05) is 14.2 Å². The third-order valence-electron chi connectivity index (χ3n) is 4.46. The minimum atomic E-state index is -0.562. The Bertz CT molecular complexity index is 1120. The third kappa shape index (κ3) is 4.01. The van der Waals surface area contributed by atoms with Crippen LogP contribution in [0.5, 0.6) is 11.5 Å². The summed E-state index contributed by atoms with van der Waals surface area (Å²) in [5.41, 5.74) is 3.92. The number of nitro groups is 1. The number of nitrogens with zero attached hydrogens (tertiary/aromatic N) is 2. The van der Waals surface area contributed by atoms with Crippen molar-refractivity contribution in [1.82, 2.24) is 5.43 Å². The summed E-state index contributed by atoms with van der Waals surface area (Å²) >= 11 is 0. The first-order valence-electron chi connectivity index (χ1n) is 8.68. The van der Waals surface area contributed by atoms with Crippen molar-refractivity contribution in [3.8, 4) is 11.5 Å². The largest absolute Gasteiger partial charge is 0.496 e. The van der Waals surface area contributed by atoms with Crippen molar-refractivity contribution >= 4 is 28.6 Å². The molecule has 0 bridgehead atoms. The average Bonchev–Trinajstić information content (AvgIpc) is 2.72. The standard InChI is InChI=1S/C21H19N3O5/c1-13-8-9-14-6-4-5-7-16(14)20(13)21(25)23-22-12-15-10-17(24(26)27)19(29-3)11-18(15)28-2/h4-12H,1-3H3,(H,23,25)/b22-12-. The van der Waals surface area contributed by atoms with Gasteiger partial charge in [0, 0.05) is 17.7 Å². The molecule has 0 spiro atoms. The number of carbonyl (C=O) groups is 1. The van der Waals surface area contributed by atoms with Crippen LogP contribution in [-0.2, 0) is 0 Å². The SMILES string of the molecule is COc1cc(OC)c([N+](=O)[O-])cc1/C=N\NC(=O)c1c(C)ccc2ccccc12. The van der Waals surface area contributed by atoms with Crippen LogP contribution in [-0.4, -0.2) is 31.3 Å². The molecular formula is C21H19N3O5. The van der Waals surface area contributed by atoms with Crippen molar-refractivity contribution in [1.29, 1.82) is 0 Å². The van der Waals surface area contributed by atoms with E-state index in [-0.39, 0.29) is 17.3 Å². The first-order valence-corrected chi connectivity index (χ1v) is 8.68. The van der Waals surface area contributed by atoms with Crippen LogP contribution in [0.1, 0.15) is 21.5 Å². The molecule has 1 N–H and O–H groups in total. The Morgan fingerprint density at radius 1 is 1.10 bits per heavy atom. The van der Waals surface area contributed by atoms with Gasteiger partial charge in [-0.2, -0.15) is 5.10 Å². The lowest BCUT2D eigenvalue weighted by atomic mass is 9.99. The highest BCUT2D eigenvalue weighted by molar-refractivity contribution is 6.08. The second kappa shape index (κ2) is 8.39. The molecular weight excluding hydrogens is 374 g/mol. The number of hydrogen-bond donors (Lipinski definition) is 1. The number of fused-ring (bicyclic) bond motifs is 1. The number of hydrogen-bond acceptors (Lipinski definition) is 6. The molecule has 1 amide bonds. The molecule has 0 radical (unpaired) electrons. The minimum absolute atomic E-state index is 0.0689. The van der Waals surface area contributed by atoms with Gasteiger partial charge in [-0.05, 0) is 23.3 Å². The van der Waals surface area contributed by atoms with Gasteiger partial charge in [-0.1, -0.05) is 36.4 Å². The number of rotatable bonds is 6. The van der Waals surface area contributed by atoms with Crippen LogP contribution in [0.25, 0.3) is 10.8 Å². The predicted molar refractivity (Wildman–Crippen MR) is 110 cm³/mol. The van der Waals surface area contributed by atoms with Gasteiger partial charge in [0.05, 0.1) is 30.9 Å². The molecule has 0 aliphatic carbocycles. The summed E-state index contributed by atoms with van der Waals surface area (Å²) in [7, 11) is 2.76. The zero-order valence-electron chi connectivity index (χ0n) is 16.1. The highest BCUT2D eigenvalue weighted by atomic mass is 16.6. The zero-order chi connectivity index (χ0) is 21.0. The van der Waals surface area contributed by atoms with Crippen LogP contribution >= 0.6 is 0 Å². The van der Waals surface area contributed by atoms with E-state index in [4.69, 9.17) is 9.47 Å². The Morgan fingerprint density at radius 3 is 2.52 bits per heavy atom. The molecule has 8 nitrogen and oxygen atoms in total. The number of benzene rings is 3. The lowest BCUT2D eigenvalue weighted by Crippen LogP contribution is -2.19. The topological polar surface area (TPSA) is 103 Å². The summed E-state index contributed by atoms with van der Waals surface area (Å²) in [6.45, 7) is 1.85. The maximum atomic E-state index is 12.7. The minimum Gasteiger partial charge on any atom is -0.496 e. The number of methoxy groups -OCH3 is 2. The van der Waals surface area contributed by atoms with Crippen LogP contribution in [0.15, 0.2) is 53.6 Å². The zero-order valence-corrected chi connectivity index (χ0v) is 16.1. The smallest absolute Gasteiger partial charge is 0.311 e. The molecule has 0 fully saturated rings. The Morgan fingerprint density at radius 2 is 1.83 bits per heavy atom. The monoisotopic (exact) mass is 393 g/mol. The van der Waals surface area contributed by atoms with E-state index >= 15 is 0 Å². The summed E-state index contributed by atoms with van der Waals surface area (Å²) in [5, 5.41) is 17.0. The summed E-state index contributed by atoms with van der Waals surface area (Å²) in [6.07, 6.45) is 1.30. The number of nitro benzene ring substituents is 1. The number of amides is 1. The summed E-state index contributed by atoms with van der Waals surface area (Å²) in [5.74, 6) is 0.0173. The molecule has 0 aliphatic rings. The van der Waals surface area contributed by atoms with Crippen LogP contribution < -0.4 is 14.9 Å². The fourth-order valence-electron chi connectivity index (χ4n) is 3.05. The van der Waals surface area contributed by atoms with Crippen molar-refractivity contribution < 1.29 is 19.2 Å². The Balaban J connectivity index is 1.91. The molecule has 0 atom stereocenters. The van der Waals surface area contributed by atoms with Gasteiger partial charge in [0.15, 0.2) is 0 Å². The van der Waals surface area contributed by atoms with Crippen LogP contribution in [0.3, 0.4) is 0 Å². The van der Waals surface area contributed by atoms with Crippen LogP contribution in [0.2, 0.25) is 0 Å². The van der Waals surface area contributed by atoms with E-state index in [0.29, 0.717) is 16.9 Å². The maximum Gasteiger partial charge on any atom is 0.311 e. The van der Waals surface area contributed by atoms with Crippen molar-refractivity contribution in [2.24, 2.45) is 5.10 Å². The van der Waals surface area contributed by atoms with E-state index in [1.807, 2.05) is 43.3 Å². The van der Waals surface area contributed by atoms with Gasteiger partial charge < -0.3 is 9.47 Å². The molecule has 8 heteroatoms. The van der Waals surface area contributed by atoms with Crippen molar-refractivity contribution in [2.45, 2.75) is 6.92 Å². The first-order chi connectivity index (χ1) is 14.0. The summed E-state index contributed by atoms with van der Waals surface area (Å²) in [4.78, 5) is 23.4. The molecule has 0 aromatic heterocycles. The third-order valence-corrected chi connectivity index (χ3v) is 4.46. The number of aryl methyl sites for hydroxylation is 1. The maximum absolute atomic E-state index is 12.7. The average molecular weight is 393 g/mol. The number of hydrazone groups is 1. The van der Waals surface area contributed by atoms with Crippen LogP contribution in [0, 0.1) is 17.0 Å².